The molecule has 0 bridgehead atoms. The highest BCUT2D eigenvalue weighted by atomic mass is 32.1. The van der Waals surface area contributed by atoms with Gasteiger partial charge in [0.1, 0.15) is 0 Å². The van der Waals surface area contributed by atoms with E-state index in [0.717, 1.165) is 54.8 Å². The summed E-state index contributed by atoms with van der Waals surface area (Å²) in [6, 6.07) is 79.6. The lowest BCUT2D eigenvalue weighted by molar-refractivity contribution is 1.08. The zero-order valence-corrected chi connectivity index (χ0v) is 40.0. The second kappa shape index (κ2) is 15.5. The molecule has 0 saturated carbocycles. The van der Waals surface area contributed by atoms with Gasteiger partial charge in [-0.05, 0) is 147 Å². The average molecular weight is 943 g/mol. The van der Waals surface area contributed by atoms with E-state index in [2.05, 4.69) is 217 Å². The lowest BCUT2D eigenvalue weighted by Crippen LogP contribution is -2.01. The second-order valence-electron chi connectivity index (χ2n) is 19.2. The molecule has 0 radical (unpaired) electrons. The van der Waals surface area contributed by atoms with Crippen molar-refractivity contribution in [2.45, 2.75) is 0 Å². The molecule has 73 heavy (non-hydrogen) atoms. The Bertz CT molecular complexity index is 4460. The number of aromatic nitrogens is 4. The van der Waals surface area contributed by atoms with Crippen molar-refractivity contribution < 1.29 is 0 Å². The molecule has 0 fully saturated rings. The SMILES string of the molecule is c1cncc(-c2ccc(-c3nc(-c4cc(-c5ccc6c7c(cccc57)-c5ccccc5-6)cc(-c5ccc6c7c(cccc57)-c5ccccc5-6)c4)nc(-c4cccc5c4sc4ccc6ccccc6c45)n3)cc2)c1. The summed E-state index contributed by atoms with van der Waals surface area (Å²) >= 11 is 1.80. The van der Waals surface area contributed by atoms with E-state index in [4.69, 9.17) is 15.0 Å². The monoisotopic (exact) mass is 942 g/mol. The molecule has 14 aromatic rings. The van der Waals surface area contributed by atoms with Crippen LogP contribution in [0, 0.1) is 0 Å². The van der Waals surface area contributed by atoms with Gasteiger partial charge in [-0.15, -0.1) is 11.3 Å². The molecule has 2 aliphatic carbocycles. The Morgan fingerprint density at radius 1 is 0.274 bits per heavy atom. The van der Waals surface area contributed by atoms with Crippen molar-refractivity contribution in [3.63, 3.8) is 0 Å². The van der Waals surface area contributed by atoms with Crippen molar-refractivity contribution in [3.05, 3.63) is 231 Å². The highest BCUT2D eigenvalue weighted by molar-refractivity contribution is 7.26. The summed E-state index contributed by atoms with van der Waals surface area (Å²) < 4.78 is 2.39. The number of benzene rings is 11. The summed E-state index contributed by atoms with van der Waals surface area (Å²) in [7, 11) is 0. The van der Waals surface area contributed by atoms with E-state index in [0.29, 0.717) is 17.5 Å². The molecule has 3 aromatic heterocycles. The van der Waals surface area contributed by atoms with E-state index in [9.17, 15) is 0 Å². The number of hydrogen-bond donors (Lipinski definition) is 0. The predicted molar refractivity (Wildman–Crippen MR) is 305 cm³/mol. The number of nitrogens with zero attached hydrogens (tertiary/aromatic N) is 4. The Kier molecular flexibility index (Phi) is 8.58. The van der Waals surface area contributed by atoms with Crippen LogP contribution in [-0.4, -0.2) is 19.9 Å². The van der Waals surface area contributed by atoms with Crippen molar-refractivity contribution in [2.75, 3.05) is 0 Å². The molecule has 0 unspecified atom stereocenters. The van der Waals surface area contributed by atoms with Crippen LogP contribution in [0.4, 0.5) is 0 Å². The van der Waals surface area contributed by atoms with Gasteiger partial charge in [-0.2, -0.15) is 0 Å². The number of rotatable bonds is 6. The van der Waals surface area contributed by atoms with Crippen molar-refractivity contribution >= 4 is 63.8 Å². The van der Waals surface area contributed by atoms with Gasteiger partial charge in [0.15, 0.2) is 17.5 Å². The summed E-state index contributed by atoms with van der Waals surface area (Å²) in [5.41, 5.74) is 19.7. The molecule has 336 valence electrons. The summed E-state index contributed by atoms with van der Waals surface area (Å²) in [4.78, 5) is 20.8. The number of hydrogen-bond acceptors (Lipinski definition) is 5. The highest BCUT2D eigenvalue weighted by Crippen LogP contribution is 2.52. The van der Waals surface area contributed by atoms with Gasteiger partial charge in [0.05, 0.1) is 0 Å². The fourth-order valence-corrected chi connectivity index (χ4v) is 13.3. The van der Waals surface area contributed by atoms with Crippen molar-refractivity contribution in [3.8, 4) is 112 Å². The molecule has 0 atom stereocenters. The largest absolute Gasteiger partial charge is 0.264 e. The van der Waals surface area contributed by atoms with Crippen molar-refractivity contribution in [1.82, 2.24) is 19.9 Å². The van der Waals surface area contributed by atoms with E-state index in [1.54, 1.807) is 17.5 Å². The smallest absolute Gasteiger partial charge is 0.165 e. The molecule has 0 amide bonds. The molecule has 0 N–H and O–H groups in total. The average Bonchev–Trinajstić information content (AvgIpc) is 4.13. The maximum Gasteiger partial charge on any atom is 0.165 e. The minimum Gasteiger partial charge on any atom is -0.264 e. The molecular weight excluding hydrogens is 905 g/mol. The first-order valence-corrected chi connectivity index (χ1v) is 25.6. The first-order valence-electron chi connectivity index (χ1n) is 24.8. The zero-order valence-electron chi connectivity index (χ0n) is 39.1. The molecule has 2 aliphatic rings. The number of pyridine rings is 1. The Morgan fingerprint density at radius 2 is 0.767 bits per heavy atom. The van der Waals surface area contributed by atoms with Crippen molar-refractivity contribution in [2.24, 2.45) is 0 Å². The van der Waals surface area contributed by atoms with E-state index >= 15 is 0 Å². The van der Waals surface area contributed by atoms with Gasteiger partial charge in [-0.1, -0.05) is 182 Å². The number of fused-ring (bicyclic) bond motifs is 11. The van der Waals surface area contributed by atoms with Gasteiger partial charge in [0.2, 0.25) is 0 Å². The molecule has 11 aromatic carbocycles. The molecule has 16 rings (SSSR count). The zero-order chi connectivity index (χ0) is 47.7. The van der Waals surface area contributed by atoms with Crippen LogP contribution >= 0.6 is 11.3 Å². The van der Waals surface area contributed by atoms with E-state index in [-0.39, 0.29) is 0 Å². The fraction of sp³-hybridized carbons (Fsp3) is 0. The summed E-state index contributed by atoms with van der Waals surface area (Å²) in [6.45, 7) is 0. The topological polar surface area (TPSA) is 51.6 Å². The van der Waals surface area contributed by atoms with Crippen LogP contribution in [0.1, 0.15) is 0 Å². The predicted octanol–water partition coefficient (Wildman–Crippen LogP) is 18.4. The third-order valence-corrected chi connectivity index (χ3v) is 16.5. The van der Waals surface area contributed by atoms with E-state index < -0.39 is 0 Å². The maximum atomic E-state index is 5.55. The molecule has 5 heteroatoms. The summed E-state index contributed by atoms with van der Waals surface area (Å²) in [5, 5.41) is 9.97. The van der Waals surface area contributed by atoms with E-state index in [1.807, 2.05) is 12.3 Å². The fourth-order valence-electron chi connectivity index (χ4n) is 12.0. The van der Waals surface area contributed by atoms with Gasteiger partial charge in [0, 0.05) is 49.3 Å². The Hall–Kier alpha value is -9.42. The molecule has 0 saturated heterocycles. The summed E-state index contributed by atoms with van der Waals surface area (Å²) in [6.07, 6.45) is 3.70. The maximum absolute atomic E-state index is 5.55. The molecular formula is C68H38N4S. The van der Waals surface area contributed by atoms with Crippen molar-refractivity contribution in [1.29, 1.82) is 0 Å². The molecule has 0 spiro atoms. The van der Waals surface area contributed by atoms with Crippen LogP contribution in [0.5, 0.6) is 0 Å². The normalized spacial score (nSPS) is 12.1. The van der Waals surface area contributed by atoms with E-state index in [1.165, 1.54) is 92.3 Å². The van der Waals surface area contributed by atoms with Crippen LogP contribution in [0.25, 0.3) is 165 Å². The minimum absolute atomic E-state index is 0.611. The van der Waals surface area contributed by atoms with Crippen LogP contribution in [0.15, 0.2) is 231 Å². The van der Waals surface area contributed by atoms with Gasteiger partial charge in [-0.3, -0.25) is 4.98 Å². The van der Waals surface area contributed by atoms with Gasteiger partial charge < -0.3 is 0 Å². The minimum atomic E-state index is 0.611. The lowest BCUT2D eigenvalue weighted by atomic mass is 9.89. The molecule has 3 heterocycles. The second-order valence-corrected chi connectivity index (χ2v) is 20.3. The Morgan fingerprint density at radius 3 is 1.40 bits per heavy atom. The summed E-state index contributed by atoms with van der Waals surface area (Å²) in [5.74, 6) is 1.86. The highest BCUT2D eigenvalue weighted by Gasteiger charge is 2.26. The Balaban J connectivity index is 0.954. The van der Waals surface area contributed by atoms with Crippen LogP contribution in [0.3, 0.4) is 0 Å². The van der Waals surface area contributed by atoms with Crippen LogP contribution in [0.2, 0.25) is 0 Å². The first kappa shape index (κ1) is 40.3. The molecule has 4 nitrogen and oxygen atoms in total. The van der Waals surface area contributed by atoms with Gasteiger partial charge >= 0.3 is 0 Å². The first-order chi connectivity index (χ1) is 36.2. The Labute approximate surface area is 424 Å². The third kappa shape index (κ3) is 6.07. The van der Waals surface area contributed by atoms with Gasteiger partial charge in [-0.25, -0.2) is 15.0 Å². The number of thiophene rings is 1. The standard InChI is InChI=1S/C68H38N4S/c1-2-13-48-40(11-1)28-33-61-64(48)59-22-9-23-60(65(59)73-61)68-71-66(41-26-24-39(25-27-41)42-12-10-34-69-38-42)70-67(72-68)45-36-43(46-29-31-57-51-16-5-3-14-49(51)55-20-7-18-53(46)62(55)57)35-44(37-45)47-30-32-58-52-17-6-4-15-50(52)56-21-8-19-54(47)63(56)58/h1-38H. The van der Waals surface area contributed by atoms with Crippen LogP contribution < -0.4 is 0 Å². The third-order valence-electron chi connectivity index (χ3n) is 15.3. The van der Waals surface area contributed by atoms with Gasteiger partial charge in [0.25, 0.3) is 0 Å². The van der Waals surface area contributed by atoms with Crippen LogP contribution in [-0.2, 0) is 0 Å². The lowest BCUT2D eigenvalue weighted by Gasteiger charge is -2.16. The quantitative estimate of drug-likeness (QED) is 0.167. The molecule has 0 aliphatic heterocycles.